The predicted octanol–water partition coefficient (Wildman–Crippen LogP) is 3.45. The number of rotatable bonds is 9. The molecule has 0 radical (unpaired) electrons. The van der Waals surface area contributed by atoms with Gasteiger partial charge in [-0.15, -0.1) is 0 Å². The van der Waals surface area contributed by atoms with E-state index in [1.54, 1.807) is 33.4 Å². The molecule has 1 aliphatic heterocycles. The molecule has 0 atom stereocenters. The summed E-state index contributed by atoms with van der Waals surface area (Å²) in [4.78, 5) is 6.69. The fourth-order valence-corrected chi connectivity index (χ4v) is 3.64. The highest BCUT2D eigenvalue weighted by molar-refractivity contribution is 5.80. The van der Waals surface area contributed by atoms with E-state index in [0.717, 1.165) is 62.0 Å². The Bertz CT molecular complexity index is 846. The summed E-state index contributed by atoms with van der Waals surface area (Å²) in [6.45, 7) is 3.17. The molecule has 0 spiro atoms. The van der Waals surface area contributed by atoms with Crippen molar-refractivity contribution in [1.82, 2.24) is 10.6 Å². The summed E-state index contributed by atoms with van der Waals surface area (Å²) in [6, 6.07) is 12.4. The summed E-state index contributed by atoms with van der Waals surface area (Å²) in [5.74, 6) is 2.81. The van der Waals surface area contributed by atoms with Crippen molar-refractivity contribution in [2.45, 2.75) is 25.3 Å². The Morgan fingerprint density at radius 2 is 1.69 bits per heavy atom. The lowest BCUT2D eigenvalue weighted by Crippen LogP contribution is -2.49. The van der Waals surface area contributed by atoms with Gasteiger partial charge in [0.2, 0.25) is 0 Å². The Morgan fingerprint density at radius 1 is 1.03 bits per heavy atom. The van der Waals surface area contributed by atoms with Crippen LogP contribution < -0.4 is 29.7 Å². The van der Waals surface area contributed by atoms with Crippen LogP contribution in [-0.4, -0.2) is 59.5 Å². The molecule has 32 heavy (non-hydrogen) atoms. The molecule has 0 aromatic heterocycles. The number of guanidine groups is 1. The summed E-state index contributed by atoms with van der Waals surface area (Å²) in [7, 11) is 5.12. The minimum atomic E-state index is -0.261. The van der Waals surface area contributed by atoms with Gasteiger partial charge in [-0.05, 0) is 43.5 Å². The highest BCUT2D eigenvalue weighted by Crippen LogP contribution is 2.30. The largest absolute Gasteiger partial charge is 0.497 e. The number of methoxy groups -OCH3 is 2. The van der Waals surface area contributed by atoms with Gasteiger partial charge in [-0.2, -0.15) is 0 Å². The van der Waals surface area contributed by atoms with Gasteiger partial charge in [-0.1, -0.05) is 0 Å². The molecule has 2 aromatic carbocycles. The summed E-state index contributed by atoms with van der Waals surface area (Å²) >= 11 is 0. The van der Waals surface area contributed by atoms with E-state index in [1.165, 1.54) is 12.1 Å². The van der Waals surface area contributed by atoms with E-state index >= 15 is 0 Å². The Balaban J connectivity index is 1.38. The van der Waals surface area contributed by atoms with E-state index in [9.17, 15) is 4.39 Å². The highest BCUT2D eigenvalue weighted by Gasteiger charge is 2.21. The number of hydrogen-bond donors (Lipinski definition) is 2. The molecule has 1 aliphatic rings. The minimum Gasteiger partial charge on any atom is -0.497 e. The number of halogens is 1. The van der Waals surface area contributed by atoms with Crippen molar-refractivity contribution in [3.63, 3.8) is 0 Å². The van der Waals surface area contributed by atoms with Gasteiger partial charge in [0.1, 0.15) is 23.1 Å². The molecular formula is C24H33FN4O3. The van der Waals surface area contributed by atoms with Gasteiger partial charge < -0.3 is 29.7 Å². The van der Waals surface area contributed by atoms with Gasteiger partial charge in [0.25, 0.3) is 0 Å². The maximum Gasteiger partial charge on any atom is 0.191 e. The van der Waals surface area contributed by atoms with Gasteiger partial charge >= 0.3 is 0 Å². The standard InChI is InChI=1S/C24H33FN4O3/c1-26-24(27-11-4-14-32-21-7-5-18(25)6-8-21)28-19-9-12-29(13-10-19)20-15-22(30-2)17-23(16-20)31-3/h5-8,15-17,19H,4,9-14H2,1-3H3,(H2,26,27,28). The first-order valence-corrected chi connectivity index (χ1v) is 10.9. The van der Waals surface area contributed by atoms with Crippen LogP contribution in [0.4, 0.5) is 10.1 Å². The number of hydrogen-bond acceptors (Lipinski definition) is 5. The summed E-state index contributed by atoms with van der Waals surface area (Å²) in [5, 5.41) is 6.86. The zero-order chi connectivity index (χ0) is 22.8. The van der Waals surface area contributed by atoms with Crippen LogP contribution in [0.3, 0.4) is 0 Å². The van der Waals surface area contributed by atoms with Gasteiger partial charge in [-0.25, -0.2) is 4.39 Å². The molecule has 2 N–H and O–H groups in total. The Morgan fingerprint density at radius 3 is 2.28 bits per heavy atom. The van der Waals surface area contributed by atoms with Crippen LogP contribution in [-0.2, 0) is 0 Å². The maximum atomic E-state index is 12.9. The third-order valence-corrected chi connectivity index (χ3v) is 5.46. The van der Waals surface area contributed by atoms with Gasteiger partial charge in [0.15, 0.2) is 5.96 Å². The molecule has 174 valence electrons. The topological polar surface area (TPSA) is 67.4 Å². The first-order chi connectivity index (χ1) is 15.6. The van der Waals surface area contributed by atoms with Gasteiger partial charge in [0.05, 0.1) is 20.8 Å². The third-order valence-electron chi connectivity index (χ3n) is 5.46. The molecule has 0 unspecified atom stereocenters. The van der Waals surface area contributed by atoms with Crippen molar-refractivity contribution >= 4 is 11.6 Å². The second kappa shape index (κ2) is 12.0. The number of anilines is 1. The Hall–Kier alpha value is -3.16. The Labute approximate surface area is 189 Å². The molecule has 1 fully saturated rings. The molecule has 8 heteroatoms. The van der Waals surface area contributed by atoms with Crippen LogP contribution in [0.5, 0.6) is 17.2 Å². The first-order valence-electron chi connectivity index (χ1n) is 10.9. The molecule has 0 bridgehead atoms. The molecule has 1 heterocycles. The third kappa shape index (κ3) is 6.93. The number of nitrogens with zero attached hydrogens (tertiary/aromatic N) is 2. The maximum absolute atomic E-state index is 12.9. The van der Waals surface area contributed by atoms with E-state index in [4.69, 9.17) is 14.2 Å². The van der Waals surface area contributed by atoms with Crippen molar-refractivity contribution in [2.24, 2.45) is 4.99 Å². The second-order valence-corrected chi connectivity index (χ2v) is 7.63. The van der Waals surface area contributed by atoms with E-state index in [0.29, 0.717) is 18.4 Å². The van der Waals surface area contributed by atoms with Crippen LogP contribution in [0.15, 0.2) is 47.5 Å². The average molecular weight is 445 g/mol. The molecule has 0 aliphatic carbocycles. The predicted molar refractivity (Wildman–Crippen MR) is 126 cm³/mol. The normalized spacial score (nSPS) is 14.8. The van der Waals surface area contributed by atoms with Crippen molar-refractivity contribution in [3.8, 4) is 17.2 Å². The summed E-state index contributed by atoms with van der Waals surface area (Å²) < 4.78 is 29.3. The van der Waals surface area contributed by atoms with Gasteiger partial charge in [0, 0.05) is 56.6 Å². The number of ether oxygens (including phenoxy) is 3. The van der Waals surface area contributed by atoms with E-state index in [2.05, 4.69) is 20.5 Å². The number of aliphatic imine (C=N–C) groups is 1. The number of benzene rings is 2. The lowest BCUT2D eigenvalue weighted by Gasteiger charge is -2.34. The molecule has 2 aromatic rings. The molecular weight excluding hydrogens is 411 g/mol. The van der Waals surface area contributed by atoms with Crippen LogP contribution in [0.2, 0.25) is 0 Å². The fourth-order valence-electron chi connectivity index (χ4n) is 3.64. The second-order valence-electron chi connectivity index (χ2n) is 7.63. The average Bonchev–Trinajstić information content (AvgIpc) is 2.84. The monoisotopic (exact) mass is 444 g/mol. The lowest BCUT2D eigenvalue weighted by atomic mass is 10.0. The molecule has 0 amide bonds. The molecule has 3 rings (SSSR count). The smallest absolute Gasteiger partial charge is 0.191 e. The number of nitrogens with one attached hydrogen (secondary N) is 2. The zero-order valence-electron chi connectivity index (χ0n) is 19.1. The van der Waals surface area contributed by atoms with Crippen molar-refractivity contribution in [1.29, 1.82) is 0 Å². The minimum absolute atomic E-state index is 0.261. The zero-order valence-corrected chi connectivity index (χ0v) is 19.1. The number of piperidine rings is 1. The molecule has 7 nitrogen and oxygen atoms in total. The van der Waals surface area contributed by atoms with Crippen LogP contribution >= 0.6 is 0 Å². The fraction of sp³-hybridized carbons (Fsp3) is 0.458. The van der Waals surface area contributed by atoms with E-state index in [1.807, 2.05) is 18.2 Å². The summed E-state index contributed by atoms with van der Waals surface area (Å²) in [5.41, 5.74) is 1.11. The Kier molecular flexibility index (Phi) is 8.83. The molecule has 0 saturated carbocycles. The SMILES string of the molecule is CN=C(NCCCOc1ccc(F)cc1)NC1CCN(c2cc(OC)cc(OC)c2)CC1. The summed E-state index contributed by atoms with van der Waals surface area (Å²) in [6.07, 6.45) is 2.83. The van der Waals surface area contributed by atoms with Crippen molar-refractivity contribution in [2.75, 3.05) is 52.4 Å². The van der Waals surface area contributed by atoms with Crippen LogP contribution in [0, 0.1) is 5.82 Å². The highest BCUT2D eigenvalue weighted by atomic mass is 19.1. The van der Waals surface area contributed by atoms with Crippen LogP contribution in [0.1, 0.15) is 19.3 Å². The van der Waals surface area contributed by atoms with Gasteiger partial charge in [-0.3, -0.25) is 4.99 Å². The lowest BCUT2D eigenvalue weighted by molar-refractivity contribution is 0.310. The van der Waals surface area contributed by atoms with E-state index in [-0.39, 0.29) is 5.82 Å². The van der Waals surface area contributed by atoms with Crippen molar-refractivity contribution in [3.05, 3.63) is 48.3 Å². The quantitative estimate of drug-likeness (QED) is 0.351. The van der Waals surface area contributed by atoms with E-state index < -0.39 is 0 Å². The van der Waals surface area contributed by atoms with Crippen molar-refractivity contribution < 1.29 is 18.6 Å². The first kappa shape index (κ1) is 23.5. The molecule has 1 saturated heterocycles. The van der Waals surface area contributed by atoms with Crippen LogP contribution in [0.25, 0.3) is 0 Å².